The minimum Gasteiger partial charge on any atom is -0.456 e. The third kappa shape index (κ3) is 16.8. The van der Waals surface area contributed by atoms with Crippen LogP contribution >= 0.6 is 45.3 Å². The second-order valence-corrected chi connectivity index (χ2v) is 42.4. The van der Waals surface area contributed by atoms with Crippen LogP contribution in [0.4, 0.5) is 85.3 Å². The van der Waals surface area contributed by atoms with E-state index in [2.05, 4.69) is 534 Å². The molecule has 708 valence electrons. The van der Waals surface area contributed by atoms with Gasteiger partial charge in [-0.1, -0.05) is 309 Å². The molecular weight excluding hydrogens is 1900 g/mol. The van der Waals surface area contributed by atoms with Crippen LogP contribution in [0.1, 0.15) is 0 Å². The summed E-state index contributed by atoms with van der Waals surface area (Å²) in [5.41, 5.74) is 27.1. The first-order valence-electron chi connectivity index (χ1n) is 50.5. The minimum atomic E-state index is 0.873. The maximum atomic E-state index is 6.58. The highest BCUT2D eigenvalue weighted by molar-refractivity contribution is 7.27. The number of hydrogen-bond donors (Lipinski definition) is 3. The van der Waals surface area contributed by atoms with E-state index in [1.165, 1.54) is 146 Å². The van der Waals surface area contributed by atoms with E-state index in [-0.39, 0.29) is 0 Å². The number of nitrogens with one attached hydrogen (secondary N) is 3. The lowest BCUT2D eigenvalue weighted by Crippen LogP contribution is -2.10. The largest absolute Gasteiger partial charge is 0.456 e. The summed E-state index contributed by atoms with van der Waals surface area (Å²) in [6.45, 7) is 0. The van der Waals surface area contributed by atoms with Crippen LogP contribution in [0.5, 0.6) is 0 Å². The zero-order chi connectivity index (χ0) is 99.1. The van der Waals surface area contributed by atoms with Crippen LogP contribution in [0.15, 0.2) is 537 Å². The van der Waals surface area contributed by atoms with Gasteiger partial charge >= 0.3 is 0 Å². The second kappa shape index (κ2) is 38.1. The average Bonchev–Trinajstić information content (AvgIpc) is 1.48. The van der Waals surface area contributed by atoms with Gasteiger partial charge in [0.25, 0.3) is 0 Å². The molecule has 150 heavy (non-hydrogen) atoms. The Hall–Kier alpha value is -18.7. The summed E-state index contributed by atoms with van der Waals surface area (Å²) in [5.74, 6) is 0. The first-order chi connectivity index (χ1) is 74.2. The Morgan fingerprint density at radius 1 is 0.160 bits per heavy atom. The quantitative estimate of drug-likeness (QED) is 0.0785. The Morgan fingerprint density at radius 2 is 0.533 bits per heavy atom. The van der Waals surface area contributed by atoms with Gasteiger partial charge in [0.2, 0.25) is 0 Å². The number of furan rings is 2. The number of hydrogen-bond acceptors (Lipinski definition) is 12. The maximum Gasteiger partial charge on any atom is 0.159 e. The number of benzene rings is 24. The van der Waals surface area contributed by atoms with Gasteiger partial charge in [-0.05, 0) is 273 Å². The molecule has 30 rings (SSSR count). The summed E-state index contributed by atoms with van der Waals surface area (Å²) >= 11 is 7.37. The van der Waals surface area contributed by atoms with E-state index < -0.39 is 0 Å². The summed E-state index contributed by atoms with van der Waals surface area (Å²) < 4.78 is 23.2. The number of rotatable bonds is 18. The van der Waals surface area contributed by atoms with E-state index >= 15 is 0 Å². The fourth-order valence-corrected chi connectivity index (χ4v) is 26.1. The van der Waals surface area contributed by atoms with E-state index in [0.29, 0.717) is 0 Å². The van der Waals surface area contributed by atoms with Crippen molar-refractivity contribution < 1.29 is 8.83 Å². The monoisotopic (exact) mass is 1990 g/mol. The average molecular weight is 1990 g/mol. The topological polar surface area (TPSA) is 72.1 Å². The molecule has 0 aliphatic rings. The predicted octanol–water partition coefficient (Wildman–Crippen LogP) is 42.4. The lowest BCUT2D eigenvalue weighted by Gasteiger charge is -2.26. The van der Waals surface area contributed by atoms with Gasteiger partial charge in [-0.15, -0.1) is 45.3 Å². The van der Waals surface area contributed by atoms with Crippen LogP contribution in [-0.2, 0) is 0 Å². The third-order valence-electron chi connectivity index (χ3n) is 28.8. The fraction of sp³-hybridized carbons (Fsp3) is 0. The van der Waals surface area contributed by atoms with Crippen molar-refractivity contribution in [2.24, 2.45) is 0 Å². The van der Waals surface area contributed by atoms with Gasteiger partial charge in [0.1, 0.15) is 16.7 Å². The van der Waals surface area contributed by atoms with Gasteiger partial charge in [-0.3, -0.25) is 0 Å². The highest BCUT2D eigenvalue weighted by Gasteiger charge is 2.26. The molecule has 0 fully saturated rings. The van der Waals surface area contributed by atoms with Gasteiger partial charge in [0.05, 0.1) is 5.69 Å². The Balaban J connectivity index is 0.000000109. The molecule has 12 heteroatoms. The fourth-order valence-electron chi connectivity index (χ4n) is 21.7. The van der Waals surface area contributed by atoms with Crippen molar-refractivity contribution >= 4 is 288 Å². The van der Waals surface area contributed by atoms with Crippen LogP contribution < -0.4 is 30.7 Å². The number of fused-ring (bicyclic) bond motifs is 21. The molecule has 6 heterocycles. The molecule has 24 aromatic carbocycles. The number of para-hydroxylation sites is 4. The van der Waals surface area contributed by atoms with Crippen molar-refractivity contribution in [2.75, 3.05) is 30.7 Å². The highest BCUT2D eigenvalue weighted by Crippen LogP contribution is 2.51. The molecular formula is C138H90N6O2S4. The number of anilines is 15. The van der Waals surface area contributed by atoms with Crippen molar-refractivity contribution in [3.63, 3.8) is 0 Å². The van der Waals surface area contributed by atoms with E-state index in [0.717, 1.165) is 129 Å². The molecule has 0 aliphatic heterocycles. The molecule has 30 aromatic rings. The van der Waals surface area contributed by atoms with Crippen LogP contribution in [0, 0.1) is 0 Å². The standard InChI is InChI=1S/C52H34N2OS.C44H28N2OS.C42H28N2S2/c1-2-11-34(12-3-1)36-15-9-18-40(30-36)54(42-24-27-46-45-20-6-7-22-49(45)55-50(46)33-42)41-25-28-51-48(32-41)47-26-23-39(31-52(47)56-51)53-38-17-8-16-37(29-38)44-21-10-14-35-13-4-5-19-43(35)44;1-2-11-30-25-32(21-19-28(30)9-1)46(40-17-8-15-37-35-14-5-6-18-41(35)47-44(37)40)33-22-24-42-38(27-33)36-23-20-31(26-43(36)48-42)45-39-16-7-12-29-10-3-4-13-34(29)39;1-3-9-28(10-4-1)29-15-17-30(18-16-29)43-31-19-22-36-38-27-34(21-24-41(38)46-42(36)25-31)44(32-11-5-2-6-12-32)33-20-23-40-37(26-33)35-13-7-8-14-39(35)45-40/h1-33,53H;1-27,45H;1-27,43H. The van der Waals surface area contributed by atoms with Crippen molar-refractivity contribution in [2.45, 2.75) is 0 Å². The molecule has 6 aromatic heterocycles. The first kappa shape index (κ1) is 89.0. The van der Waals surface area contributed by atoms with Gasteiger partial charge in [-0.2, -0.15) is 0 Å². The van der Waals surface area contributed by atoms with Crippen molar-refractivity contribution in [3.8, 4) is 33.4 Å². The van der Waals surface area contributed by atoms with Gasteiger partial charge in [-0.25, -0.2) is 0 Å². The third-order valence-corrected chi connectivity index (χ3v) is 33.4. The molecule has 0 atom stereocenters. The molecule has 3 N–H and O–H groups in total. The zero-order valence-corrected chi connectivity index (χ0v) is 84.3. The Labute approximate surface area is 881 Å². The molecule has 0 aliphatic carbocycles. The maximum absolute atomic E-state index is 6.58. The Morgan fingerprint density at radius 3 is 1.17 bits per heavy atom. The van der Waals surface area contributed by atoms with Gasteiger partial charge in [0, 0.05) is 193 Å². The van der Waals surface area contributed by atoms with Crippen molar-refractivity contribution in [1.82, 2.24) is 0 Å². The van der Waals surface area contributed by atoms with Crippen molar-refractivity contribution in [1.29, 1.82) is 0 Å². The van der Waals surface area contributed by atoms with E-state index in [1.54, 1.807) is 0 Å². The molecule has 0 bridgehead atoms. The Bertz CT molecular complexity index is 10500. The van der Waals surface area contributed by atoms with Crippen LogP contribution in [0.2, 0.25) is 0 Å². The minimum absolute atomic E-state index is 0.873. The molecule has 0 saturated heterocycles. The van der Waals surface area contributed by atoms with Crippen LogP contribution in [0.25, 0.3) is 190 Å². The first-order valence-corrected chi connectivity index (χ1v) is 53.8. The lowest BCUT2D eigenvalue weighted by atomic mass is 9.98. The lowest BCUT2D eigenvalue weighted by molar-refractivity contribution is 0.668. The predicted molar refractivity (Wildman–Crippen MR) is 647 cm³/mol. The summed E-state index contributed by atoms with van der Waals surface area (Å²) in [7, 11) is 0. The normalized spacial score (nSPS) is 11.6. The van der Waals surface area contributed by atoms with E-state index in [9.17, 15) is 0 Å². The molecule has 0 amide bonds. The molecule has 0 spiro atoms. The van der Waals surface area contributed by atoms with Crippen molar-refractivity contribution in [3.05, 3.63) is 528 Å². The van der Waals surface area contributed by atoms with Crippen LogP contribution in [-0.4, -0.2) is 0 Å². The summed E-state index contributed by atoms with van der Waals surface area (Å²) in [5, 5.41) is 33.0. The smallest absolute Gasteiger partial charge is 0.159 e. The number of thiophene rings is 4. The summed E-state index contributed by atoms with van der Waals surface area (Å²) in [6, 6.07) is 189. The molecule has 0 unspecified atom stereocenters. The van der Waals surface area contributed by atoms with Crippen LogP contribution in [0.3, 0.4) is 0 Å². The molecule has 8 nitrogen and oxygen atoms in total. The van der Waals surface area contributed by atoms with E-state index in [1.807, 2.05) is 69.6 Å². The second-order valence-electron chi connectivity index (χ2n) is 38.0. The zero-order valence-electron chi connectivity index (χ0n) is 81.0. The summed E-state index contributed by atoms with van der Waals surface area (Å²) in [4.78, 5) is 7.07. The molecule has 0 saturated carbocycles. The molecule has 0 radical (unpaired) electrons. The Kier molecular flexibility index (Phi) is 22.6. The van der Waals surface area contributed by atoms with E-state index in [4.69, 9.17) is 8.83 Å². The summed E-state index contributed by atoms with van der Waals surface area (Å²) in [6.07, 6.45) is 0. The van der Waals surface area contributed by atoms with Gasteiger partial charge < -0.3 is 39.5 Å². The van der Waals surface area contributed by atoms with Gasteiger partial charge in [0.15, 0.2) is 5.58 Å². The highest BCUT2D eigenvalue weighted by atomic mass is 32.1. The number of nitrogens with zero attached hydrogens (tertiary/aromatic N) is 3. The SMILES string of the molecule is c1ccc(-c2ccc(Nc3ccc4c(c3)sc3ccc(N(c5ccccc5)c5ccc6sc7ccccc7c6c5)cc34)cc2)cc1.c1ccc(-c2cccc(N(c3ccc4c(c3)oc3ccccc34)c3ccc4sc5cc(Nc6cccc(-c7cccc8ccccc78)c6)ccc5c4c3)c2)cc1.c1ccc2cc(N(c3ccc4sc5cc(Nc6cccc7ccccc67)ccc5c4c3)c3cccc4c3oc3ccccc34)ccc2c1.